The van der Waals surface area contributed by atoms with Crippen LogP contribution in [0.4, 0.5) is 0 Å². The second-order valence-corrected chi connectivity index (χ2v) is 1.15. The van der Waals surface area contributed by atoms with Gasteiger partial charge >= 0.3 is 0 Å². The quantitative estimate of drug-likeness (QED) is 0.476. The van der Waals surface area contributed by atoms with E-state index in [4.69, 9.17) is 0 Å². The molecule has 0 unspecified atom stereocenters. The van der Waals surface area contributed by atoms with Gasteiger partial charge in [0.25, 0.3) is 0 Å². The summed E-state index contributed by atoms with van der Waals surface area (Å²) in [5, 5.41) is 12.6. The van der Waals surface area contributed by atoms with Crippen molar-refractivity contribution in [1.29, 1.82) is 0 Å². The molecule has 0 aliphatic carbocycles. The highest BCUT2D eigenvalue weighted by atomic mass is 32.1. The summed E-state index contributed by atoms with van der Waals surface area (Å²) < 4.78 is 0. The Morgan fingerprint density at radius 1 is 1.57 bits per heavy atom. The average molecular weight is 118 g/mol. The lowest BCUT2D eigenvalue weighted by Crippen LogP contribution is -1.64. The molecule has 0 atom stereocenters. The van der Waals surface area contributed by atoms with E-state index in [-0.39, 0.29) is 7.43 Å². The molecule has 0 saturated heterocycles. The van der Waals surface area contributed by atoms with Gasteiger partial charge in [0.1, 0.15) is 0 Å². The number of thiol groups is 1. The summed E-state index contributed by atoms with van der Waals surface area (Å²) >= 11 is 3.74. The van der Waals surface area contributed by atoms with E-state index >= 15 is 0 Å². The minimum atomic E-state index is 0. The molecule has 0 radical (unpaired) electrons. The summed E-state index contributed by atoms with van der Waals surface area (Å²) in [5.41, 5.74) is 0. The van der Waals surface area contributed by atoms with E-state index in [0.717, 1.165) is 0 Å². The summed E-state index contributed by atoms with van der Waals surface area (Å²) in [5.74, 6) is 0. The van der Waals surface area contributed by atoms with Gasteiger partial charge in [-0.15, -0.1) is 17.7 Å². The molecule has 0 fully saturated rings. The zero-order chi connectivity index (χ0) is 4.41. The molecule has 5 heteroatoms. The minimum Gasteiger partial charge on any atom is -0.234 e. The average Bonchev–Trinajstić information content (AvgIpc) is 1.86. The number of nitrogens with one attached hydrogen (secondary N) is 1. The Labute approximate surface area is 46.7 Å². The predicted molar refractivity (Wildman–Crippen MR) is 28.2 cm³/mol. The summed E-state index contributed by atoms with van der Waals surface area (Å²) in [4.78, 5) is 0. The lowest BCUT2D eigenvalue weighted by atomic mass is 11.4. The third-order valence-electron chi connectivity index (χ3n) is 0.334. The normalized spacial score (nSPS) is 7.57. The fraction of sp³-hybridized carbons (Fsp3) is 0.500. The third-order valence-corrected chi connectivity index (χ3v) is 0.524. The van der Waals surface area contributed by atoms with Gasteiger partial charge in [0.2, 0.25) is 5.16 Å². The van der Waals surface area contributed by atoms with Gasteiger partial charge in [-0.2, -0.15) is 0 Å². The van der Waals surface area contributed by atoms with E-state index in [2.05, 4.69) is 33.3 Å². The molecular weight excluding hydrogens is 112 g/mol. The number of nitrogens with zero attached hydrogens (tertiary/aromatic N) is 3. The van der Waals surface area contributed by atoms with Crippen molar-refractivity contribution in [2.45, 2.75) is 12.6 Å². The van der Waals surface area contributed by atoms with Gasteiger partial charge < -0.3 is 0 Å². The largest absolute Gasteiger partial charge is 0.234 e. The molecule has 1 aromatic rings. The first-order valence-corrected chi connectivity index (χ1v) is 1.77. The summed E-state index contributed by atoms with van der Waals surface area (Å²) in [6, 6.07) is 0. The molecule has 7 heavy (non-hydrogen) atoms. The van der Waals surface area contributed by atoms with E-state index in [1.807, 2.05) is 0 Å². The fourth-order valence-corrected chi connectivity index (χ4v) is 0.239. The van der Waals surface area contributed by atoms with Crippen LogP contribution in [0.5, 0.6) is 0 Å². The molecule has 0 amide bonds. The van der Waals surface area contributed by atoms with E-state index in [1.54, 1.807) is 0 Å². The molecule has 1 aromatic heterocycles. The Hall–Kier alpha value is -0.580. The van der Waals surface area contributed by atoms with Crippen LogP contribution in [-0.4, -0.2) is 20.6 Å². The number of H-pyrrole nitrogens is 1. The number of hydrogen-bond donors (Lipinski definition) is 2. The van der Waals surface area contributed by atoms with Crippen LogP contribution in [0.3, 0.4) is 0 Å². The van der Waals surface area contributed by atoms with Crippen molar-refractivity contribution < 1.29 is 0 Å². The standard InChI is InChI=1S/CH2N4S.CH4/c6-1-2-4-5-3-1;/h(H2,2,3,4,5,6);1H4. The van der Waals surface area contributed by atoms with Crippen molar-refractivity contribution in [2.24, 2.45) is 0 Å². The van der Waals surface area contributed by atoms with Crippen LogP contribution in [0.25, 0.3) is 0 Å². The van der Waals surface area contributed by atoms with Crippen molar-refractivity contribution in [3.8, 4) is 0 Å². The van der Waals surface area contributed by atoms with E-state index in [1.165, 1.54) is 0 Å². The minimum absolute atomic E-state index is 0. The third kappa shape index (κ3) is 1.54. The lowest BCUT2D eigenvalue weighted by molar-refractivity contribution is 0.881. The van der Waals surface area contributed by atoms with Crippen LogP contribution in [0.15, 0.2) is 5.16 Å². The Bertz CT molecular complexity index is 113. The van der Waals surface area contributed by atoms with Crippen molar-refractivity contribution in [3.63, 3.8) is 0 Å². The Balaban J connectivity index is 0.000000360. The maximum Gasteiger partial charge on any atom is 0.203 e. The highest BCUT2D eigenvalue weighted by Crippen LogP contribution is 1.84. The zero-order valence-corrected chi connectivity index (χ0v) is 3.68. The van der Waals surface area contributed by atoms with Gasteiger partial charge in [-0.1, -0.05) is 7.43 Å². The fourth-order valence-electron chi connectivity index (χ4n) is 0.154. The van der Waals surface area contributed by atoms with Crippen LogP contribution in [0.1, 0.15) is 7.43 Å². The summed E-state index contributed by atoms with van der Waals surface area (Å²) in [7, 11) is 0. The molecule has 4 nitrogen and oxygen atoms in total. The molecular formula is C2H6N4S. The van der Waals surface area contributed by atoms with Crippen molar-refractivity contribution >= 4 is 12.6 Å². The smallest absolute Gasteiger partial charge is 0.203 e. The monoisotopic (exact) mass is 118 g/mol. The van der Waals surface area contributed by atoms with Crippen LogP contribution in [0.2, 0.25) is 0 Å². The number of aromatic amines is 1. The van der Waals surface area contributed by atoms with Crippen LogP contribution < -0.4 is 0 Å². The second kappa shape index (κ2) is 2.57. The lowest BCUT2D eigenvalue weighted by Gasteiger charge is -1.61. The molecule has 0 aromatic carbocycles. The number of aromatic nitrogens is 4. The maximum atomic E-state index is 3.74. The molecule has 1 heterocycles. The number of tetrazole rings is 1. The molecule has 1 N–H and O–H groups in total. The van der Waals surface area contributed by atoms with Gasteiger partial charge in [-0.3, -0.25) is 0 Å². The van der Waals surface area contributed by atoms with Gasteiger partial charge in [0.05, 0.1) is 0 Å². The molecule has 0 aliphatic rings. The van der Waals surface area contributed by atoms with Gasteiger partial charge in [0.15, 0.2) is 0 Å². The van der Waals surface area contributed by atoms with E-state index < -0.39 is 0 Å². The van der Waals surface area contributed by atoms with Crippen LogP contribution in [0, 0.1) is 0 Å². The van der Waals surface area contributed by atoms with E-state index in [9.17, 15) is 0 Å². The van der Waals surface area contributed by atoms with Crippen molar-refractivity contribution in [3.05, 3.63) is 0 Å². The first-order valence-electron chi connectivity index (χ1n) is 1.32. The summed E-state index contributed by atoms with van der Waals surface area (Å²) in [6.45, 7) is 0. The van der Waals surface area contributed by atoms with Crippen LogP contribution in [-0.2, 0) is 0 Å². The number of rotatable bonds is 0. The molecule has 0 spiro atoms. The molecule has 1 rings (SSSR count). The molecule has 0 aliphatic heterocycles. The second-order valence-electron chi connectivity index (χ2n) is 0.725. The van der Waals surface area contributed by atoms with Gasteiger partial charge in [-0.05, 0) is 10.4 Å². The highest BCUT2D eigenvalue weighted by molar-refractivity contribution is 7.80. The Kier molecular flexibility index (Phi) is 2.36. The number of hydrogen-bond acceptors (Lipinski definition) is 4. The first-order chi connectivity index (χ1) is 2.89. The van der Waals surface area contributed by atoms with Crippen LogP contribution >= 0.6 is 12.6 Å². The van der Waals surface area contributed by atoms with E-state index in [0.29, 0.717) is 5.16 Å². The Morgan fingerprint density at radius 2 is 2.29 bits per heavy atom. The SMILES string of the molecule is C.Sc1nnn[nH]1. The summed E-state index contributed by atoms with van der Waals surface area (Å²) in [6.07, 6.45) is 0. The molecule has 0 bridgehead atoms. The van der Waals surface area contributed by atoms with Gasteiger partial charge in [0, 0.05) is 0 Å². The van der Waals surface area contributed by atoms with Crippen molar-refractivity contribution in [2.75, 3.05) is 0 Å². The van der Waals surface area contributed by atoms with Gasteiger partial charge in [-0.25, -0.2) is 5.10 Å². The highest BCUT2D eigenvalue weighted by Gasteiger charge is 1.78. The van der Waals surface area contributed by atoms with Crippen molar-refractivity contribution in [1.82, 2.24) is 20.6 Å². The first kappa shape index (κ1) is 6.42. The topological polar surface area (TPSA) is 54.5 Å². The Morgan fingerprint density at radius 3 is 2.43 bits per heavy atom. The maximum absolute atomic E-state index is 3.74. The predicted octanol–water partition coefficient (Wildman–Crippen LogP) is 0.124. The zero-order valence-electron chi connectivity index (χ0n) is 2.79. The molecule has 40 valence electrons. The molecule has 0 saturated carbocycles.